The van der Waals surface area contributed by atoms with Crippen molar-refractivity contribution >= 4 is 0 Å². The molecule has 0 atom stereocenters. The molecule has 0 aromatic rings. The Labute approximate surface area is 99.4 Å². The molecule has 17 heavy (non-hydrogen) atoms. The minimum Gasteiger partial charge on any atom is -0.382 e. The van der Waals surface area contributed by atoms with E-state index in [-0.39, 0.29) is 6.61 Å². The molecule has 0 unspecified atom stereocenters. The summed E-state index contributed by atoms with van der Waals surface area (Å²) in [6.45, 7) is 1.72. The summed E-state index contributed by atoms with van der Waals surface area (Å²) in [5.41, 5.74) is 0. The van der Waals surface area contributed by atoms with Gasteiger partial charge in [0.25, 0.3) is 0 Å². The topological polar surface area (TPSA) is 39.7 Å². The molecule has 0 aromatic heterocycles. The fourth-order valence-corrected chi connectivity index (χ4v) is 1.00. The molecule has 0 heterocycles. The van der Waals surface area contributed by atoms with Crippen molar-refractivity contribution in [2.75, 3.05) is 53.2 Å². The number of alkyl halides is 3. The average molecular weight is 259 g/mol. The molecule has 104 valence electrons. The first-order valence-corrected chi connectivity index (χ1v) is 5.48. The Morgan fingerprint density at radius 1 is 0.941 bits per heavy atom. The summed E-state index contributed by atoms with van der Waals surface area (Å²) < 4.78 is 49.4. The van der Waals surface area contributed by atoms with Gasteiger partial charge in [0.1, 0.15) is 6.61 Å². The van der Waals surface area contributed by atoms with Crippen LogP contribution in [0.1, 0.15) is 6.42 Å². The lowest BCUT2D eigenvalue weighted by Crippen LogP contribution is -2.25. The van der Waals surface area contributed by atoms with E-state index < -0.39 is 12.8 Å². The van der Waals surface area contributed by atoms with Crippen molar-refractivity contribution in [3.8, 4) is 0 Å². The van der Waals surface area contributed by atoms with E-state index in [1.54, 1.807) is 7.11 Å². The van der Waals surface area contributed by atoms with Gasteiger partial charge in [0.15, 0.2) is 0 Å². The predicted octanol–water partition coefficient (Wildman–Crippen LogP) is 1.21. The van der Waals surface area contributed by atoms with Crippen molar-refractivity contribution in [1.82, 2.24) is 5.32 Å². The quantitative estimate of drug-likeness (QED) is 0.566. The molecule has 0 spiro atoms. The van der Waals surface area contributed by atoms with Crippen LogP contribution >= 0.6 is 0 Å². The second kappa shape index (κ2) is 10.8. The van der Waals surface area contributed by atoms with Gasteiger partial charge < -0.3 is 19.5 Å². The highest BCUT2D eigenvalue weighted by atomic mass is 19.4. The van der Waals surface area contributed by atoms with Gasteiger partial charge in [0.05, 0.1) is 19.8 Å². The van der Waals surface area contributed by atoms with E-state index in [0.717, 1.165) is 6.42 Å². The van der Waals surface area contributed by atoms with Crippen LogP contribution in [0.25, 0.3) is 0 Å². The molecule has 0 aromatic carbocycles. The fourth-order valence-electron chi connectivity index (χ4n) is 1.00. The predicted molar refractivity (Wildman–Crippen MR) is 57.1 cm³/mol. The zero-order chi connectivity index (χ0) is 13.0. The molecule has 0 saturated heterocycles. The van der Waals surface area contributed by atoms with Gasteiger partial charge in [-0.1, -0.05) is 0 Å². The van der Waals surface area contributed by atoms with Gasteiger partial charge in [-0.3, -0.25) is 0 Å². The molecule has 0 aliphatic rings. The van der Waals surface area contributed by atoms with Crippen molar-refractivity contribution in [2.45, 2.75) is 12.6 Å². The Balaban J connectivity index is 2.99. The fraction of sp³-hybridized carbons (Fsp3) is 1.00. The highest BCUT2D eigenvalue weighted by Gasteiger charge is 2.27. The Morgan fingerprint density at radius 2 is 1.71 bits per heavy atom. The van der Waals surface area contributed by atoms with E-state index in [0.29, 0.717) is 32.9 Å². The van der Waals surface area contributed by atoms with Crippen molar-refractivity contribution in [2.24, 2.45) is 0 Å². The van der Waals surface area contributed by atoms with Gasteiger partial charge in [0.2, 0.25) is 0 Å². The third-order valence-corrected chi connectivity index (χ3v) is 1.76. The minimum atomic E-state index is -4.24. The number of ether oxygens (including phenoxy) is 3. The molecule has 0 aliphatic heterocycles. The highest BCUT2D eigenvalue weighted by Crippen LogP contribution is 2.13. The summed E-state index contributed by atoms with van der Waals surface area (Å²) in [7, 11) is 1.60. The monoisotopic (exact) mass is 259 g/mol. The Bertz CT molecular complexity index is 167. The molecular formula is C10H20F3NO3. The van der Waals surface area contributed by atoms with Crippen LogP contribution in [-0.2, 0) is 14.2 Å². The van der Waals surface area contributed by atoms with Gasteiger partial charge in [-0.05, 0) is 13.0 Å². The Kier molecular flexibility index (Phi) is 10.5. The first kappa shape index (κ1) is 16.6. The normalized spacial score (nSPS) is 12.0. The molecule has 7 heteroatoms. The van der Waals surface area contributed by atoms with Crippen LogP contribution in [0.3, 0.4) is 0 Å². The molecule has 0 aliphatic carbocycles. The molecule has 0 amide bonds. The first-order chi connectivity index (χ1) is 8.06. The number of rotatable bonds is 11. The lowest BCUT2D eigenvalue weighted by molar-refractivity contribution is -0.173. The Hall–Kier alpha value is -0.370. The largest absolute Gasteiger partial charge is 0.411 e. The SMILES string of the molecule is COCCOCCCNCCOCC(F)(F)F. The van der Waals surface area contributed by atoms with Crippen LogP contribution in [0.15, 0.2) is 0 Å². The van der Waals surface area contributed by atoms with Crippen LogP contribution in [0.5, 0.6) is 0 Å². The number of nitrogens with one attached hydrogen (secondary N) is 1. The van der Waals surface area contributed by atoms with Crippen LogP contribution in [0.4, 0.5) is 13.2 Å². The van der Waals surface area contributed by atoms with Crippen LogP contribution in [0.2, 0.25) is 0 Å². The number of hydrogen-bond donors (Lipinski definition) is 1. The zero-order valence-electron chi connectivity index (χ0n) is 10.0. The van der Waals surface area contributed by atoms with E-state index in [4.69, 9.17) is 9.47 Å². The highest BCUT2D eigenvalue weighted by molar-refractivity contribution is 4.49. The third-order valence-electron chi connectivity index (χ3n) is 1.76. The van der Waals surface area contributed by atoms with Crippen molar-refractivity contribution < 1.29 is 27.4 Å². The van der Waals surface area contributed by atoms with Crippen LogP contribution in [0, 0.1) is 0 Å². The lowest BCUT2D eigenvalue weighted by Gasteiger charge is -2.08. The van der Waals surface area contributed by atoms with Gasteiger partial charge in [-0.15, -0.1) is 0 Å². The molecule has 0 rings (SSSR count). The maximum Gasteiger partial charge on any atom is 0.411 e. The summed E-state index contributed by atoms with van der Waals surface area (Å²) >= 11 is 0. The molecule has 4 nitrogen and oxygen atoms in total. The molecular weight excluding hydrogens is 239 g/mol. The number of hydrogen-bond acceptors (Lipinski definition) is 4. The van der Waals surface area contributed by atoms with Crippen LogP contribution in [-0.4, -0.2) is 59.4 Å². The summed E-state index contributed by atoms with van der Waals surface area (Å²) in [5, 5.41) is 2.96. The van der Waals surface area contributed by atoms with Crippen LogP contribution < -0.4 is 5.32 Å². The zero-order valence-corrected chi connectivity index (χ0v) is 10.0. The van der Waals surface area contributed by atoms with E-state index in [2.05, 4.69) is 10.1 Å². The van der Waals surface area contributed by atoms with Crippen molar-refractivity contribution in [3.05, 3.63) is 0 Å². The summed E-state index contributed by atoms with van der Waals surface area (Å²) in [4.78, 5) is 0. The molecule has 1 N–H and O–H groups in total. The van der Waals surface area contributed by atoms with E-state index in [1.165, 1.54) is 0 Å². The first-order valence-electron chi connectivity index (χ1n) is 5.48. The van der Waals surface area contributed by atoms with Crippen molar-refractivity contribution in [1.29, 1.82) is 0 Å². The summed E-state index contributed by atoms with van der Waals surface area (Å²) in [5.74, 6) is 0. The lowest BCUT2D eigenvalue weighted by atomic mass is 10.4. The second-order valence-electron chi connectivity index (χ2n) is 3.38. The standard InChI is InChI=1S/C10H20F3NO3/c1-15-7-8-16-5-2-3-14-4-6-17-9-10(11,12)13/h14H,2-9H2,1H3. The summed E-state index contributed by atoms with van der Waals surface area (Å²) in [6, 6.07) is 0. The smallest absolute Gasteiger partial charge is 0.382 e. The maximum atomic E-state index is 11.7. The molecule has 0 bridgehead atoms. The maximum absolute atomic E-state index is 11.7. The molecule has 0 radical (unpaired) electrons. The average Bonchev–Trinajstić information content (AvgIpc) is 2.24. The van der Waals surface area contributed by atoms with Gasteiger partial charge in [0, 0.05) is 20.3 Å². The van der Waals surface area contributed by atoms with Gasteiger partial charge in [-0.2, -0.15) is 13.2 Å². The van der Waals surface area contributed by atoms with E-state index >= 15 is 0 Å². The van der Waals surface area contributed by atoms with Gasteiger partial charge >= 0.3 is 6.18 Å². The molecule has 0 saturated carbocycles. The summed E-state index contributed by atoms with van der Waals surface area (Å²) in [6.07, 6.45) is -3.43. The van der Waals surface area contributed by atoms with E-state index in [1.807, 2.05) is 0 Å². The Morgan fingerprint density at radius 3 is 2.35 bits per heavy atom. The van der Waals surface area contributed by atoms with Crippen molar-refractivity contribution in [3.63, 3.8) is 0 Å². The number of halogens is 3. The number of methoxy groups -OCH3 is 1. The van der Waals surface area contributed by atoms with Gasteiger partial charge in [-0.25, -0.2) is 0 Å². The minimum absolute atomic E-state index is 0.0596. The molecule has 0 fully saturated rings. The second-order valence-corrected chi connectivity index (χ2v) is 3.38. The van der Waals surface area contributed by atoms with E-state index in [9.17, 15) is 13.2 Å². The third kappa shape index (κ3) is 15.6.